The molecule has 2 unspecified atom stereocenters. The first-order valence-corrected chi connectivity index (χ1v) is 8.20. The summed E-state index contributed by atoms with van der Waals surface area (Å²) in [5, 5.41) is -0.473. The van der Waals surface area contributed by atoms with Crippen molar-refractivity contribution in [2.45, 2.75) is 17.9 Å². The zero-order valence-corrected chi connectivity index (χ0v) is 14.4. The van der Waals surface area contributed by atoms with E-state index in [1.807, 2.05) is 0 Å². The van der Waals surface area contributed by atoms with Crippen LogP contribution in [-0.2, 0) is 10.2 Å². The molecule has 27 heavy (non-hydrogen) atoms. The Kier molecular flexibility index (Phi) is 5.06. The molecule has 8 heteroatoms. The Balaban J connectivity index is 2.42. The van der Waals surface area contributed by atoms with Crippen LogP contribution in [0.1, 0.15) is 11.1 Å². The van der Waals surface area contributed by atoms with Crippen molar-refractivity contribution in [2.75, 3.05) is 0 Å². The van der Waals surface area contributed by atoms with Gasteiger partial charge in [-0.25, -0.2) is 17.6 Å². The Morgan fingerprint density at radius 3 is 2.22 bits per heavy atom. The number of rotatable bonds is 4. The lowest BCUT2D eigenvalue weighted by molar-refractivity contribution is -0.118. The lowest BCUT2D eigenvalue weighted by atomic mass is 9.70. The van der Waals surface area contributed by atoms with Crippen molar-refractivity contribution in [1.29, 1.82) is 0 Å². The normalized spacial score (nSPS) is 22.4. The molecular weight excluding hydrogens is 384 g/mol. The van der Waals surface area contributed by atoms with Gasteiger partial charge in [0, 0.05) is 22.9 Å². The molecule has 0 fully saturated rings. The average Bonchev–Trinajstić information content (AvgIpc) is 2.62. The highest BCUT2D eigenvalue weighted by atomic mass is 35.5. The molecule has 0 saturated heterocycles. The highest BCUT2D eigenvalue weighted by molar-refractivity contribution is 6.37. The molecule has 2 atom stereocenters. The van der Waals surface area contributed by atoms with Crippen LogP contribution < -0.4 is 5.73 Å². The number of carbonyl (C=O) groups excluding carboxylic acids is 1. The van der Waals surface area contributed by atoms with Crippen molar-refractivity contribution in [3.05, 3.63) is 76.3 Å². The van der Waals surface area contributed by atoms with Crippen molar-refractivity contribution in [3.8, 4) is 0 Å². The van der Waals surface area contributed by atoms with Crippen LogP contribution in [0, 0.1) is 11.6 Å². The number of carbonyl (C=O) groups is 1. The van der Waals surface area contributed by atoms with Crippen LogP contribution in [0.4, 0.5) is 17.6 Å². The van der Waals surface area contributed by atoms with Gasteiger partial charge in [-0.1, -0.05) is 48.0 Å². The second-order valence-electron chi connectivity index (χ2n) is 5.94. The molecule has 1 amide bonds. The maximum absolute atomic E-state index is 14.5. The number of aliphatic imine (C=N–C) groups is 1. The van der Waals surface area contributed by atoms with E-state index in [2.05, 4.69) is 4.99 Å². The van der Waals surface area contributed by atoms with E-state index in [0.29, 0.717) is 0 Å². The molecule has 0 saturated carbocycles. The maximum atomic E-state index is 14.5. The van der Waals surface area contributed by atoms with Crippen molar-refractivity contribution < 1.29 is 22.4 Å². The number of alkyl halides is 2. The van der Waals surface area contributed by atoms with Gasteiger partial charge in [-0.05, 0) is 12.1 Å². The molecule has 3 rings (SSSR count). The smallest absolute Gasteiger partial charge is 0.257 e. The lowest BCUT2D eigenvalue weighted by Crippen LogP contribution is -2.44. The minimum absolute atomic E-state index is 0.288. The quantitative estimate of drug-likeness (QED) is 0.779. The number of hydrogen-bond acceptors (Lipinski definition) is 2. The van der Waals surface area contributed by atoms with Gasteiger partial charge in [0.05, 0.1) is 5.03 Å². The number of allylic oxidation sites excluding steroid dienone is 1. The van der Waals surface area contributed by atoms with Gasteiger partial charge >= 0.3 is 0 Å². The molecule has 1 aliphatic heterocycles. The summed E-state index contributed by atoms with van der Waals surface area (Å²) in [5.41, 5.74) is 1.58. The van der Waals surface area contributed by atoms with Crippen molar-refractivity contribution in [3.63, 3.8) is 0 Å². The number of nitrogens with two attached hydrogens (primary N) is 1. The molecule has 0 aromatic heterocycles. The Morgan fingerprint density at radius 1 is 1.07 bits per heavy atom. The molecule has 3 nitrogen and oxygen atoms in total. The van der Waals surface area contributed by atoms with Gasteiger partial charge in [-0.15, -0.1) is 0 Å². The number of nitrogens with zero attached hydrogens (tertiary/aromatic N) is 1. The van der Waals surface area contributed by atoms with Gasteiger partial charge in [0.2, 0.25) is 5.91 Å². The van der Waals surface area contributed by atoms with Gasteiger partial charge in [0.15, 0.2) is 6.04 Å². The highest BCUT2D eigenvalue weighted by Gasteiger charge is 2.51. The first-order chi connectivity index (χ1) is 12.8. The number of primary amides is 1. The Labute approximate surface area is 157 Å². The summed E-state index contributed by atoms with van der Waals surface area (Å²) in [6.07, 6.45) is -2.51. The van der Waals surface area contributed by atoms with E-state index in [4.69, 9.17) is 17.3 Å². The van der Waals surface area contributed by atoms with Gasteiger partial charge in [-0.2, -0.15) is 0 Å². The molecule has 0 spiro atoms. The lowest BCUT2D eigenvalue weighted by Gasteiger charge is -2.37. The standard InChI is InChI=1S/C19H13ClF4N2O/c20-15-14(10-5-1-3-7-12(10)21)19(18(23)24,9-26-16(15)17(25)27)11-6-2-4-8-13(11)22/h1-9,16,18H,(H2,25,27). The van der Waals surface area contributed by atoms with Gasteiger partial charge in [0.1, 0.15) is 17.0 Å². The summed E-state index contributed by atoms with van der Waals surface area (Å²) >= 11 is 6.22. The van der Waals surface area contributed by atoms with Gasteiger partial charge < -0.3 is 5.73 Å². The number of hydrogen-bond donors (Lipinski definition) is 1. The third-order valence-corrected chi connectivity index (χ3v) is 4.79. The minimum atomic E-state index is -3.24. The molecular formula is C19H13ClF4N2O. The average molecular weight is 397 g/mol. The van der Waals surface area contributed by atoms with Crippen molar-refractivity contribution >= 4 is 29.3 Å². The molecule has 1 heterocycles. The van der Waals surface area contributed by atoms with E-state index in [9.17, 15) is 22.4 Å². The number of dihydropyridines is 1. The fourth-order valence-electron chi connectivity index (χ4n) is 3.15. The largest absolute Gasteiger partial charge is 0.367 e. The number of benzene rings is 2. The van der Waals surface area contributed by atoms with E-state index in [-0.39, 0.29) is 5.56 Å². The zero-order chi connectivity index (χ0) is 19.8. The maximum Gasteiger partial charge on any atom is 0.257 e. The molecule has 2 N–H and O–H groups in total. The summed E-state index contributed by atoms with van der Waals surface area (Å²) in [6, 6.07) is 8.42. The first kappa shape index (κ1) is 19.1. The highest BCUT2D eigenvalue weighted by Crippen LogP contribution is 2.49. The summed E-state index contributed by atoms with van der Waals surface area (Å²) < 4.78 is 57.9. The Hall–Kier alpha value is -2.67. The minimum Gasteiger partial charge on any atom is -0.367 e. The van der Waals surface area contributed by atoms with Crippen LogP contribution in [0.15, 0.2) is 58.6 Å². The molecule has 2 aromatic rings. The predicted octanol–water partition coefficient (Wildman–Crippen LogP) is 4.06. The Bertz CT molecular complexity index is 960. The molecule has 140 valence electrons. The molecule has 1 aliphatic rings. The van der Waals surface area contributed by atoms with E-state index in [0.717, 1.165) is 24.4 Å². The van der Waals surface area contributed by atoms with Crippen molar-refractivity contribution in [1.82, 2.24) is 0 Å². The third-order valence-electron chi connectivity index (χ3n) is 4.40. The monoisotopic (exact) mass is 396 g/mol. The number of halogens is 5. The van der Waals surface area contributed by atoms with Gasteiger partial charge in [0.25, 0.3) is 6.43 Å². The molecule has 2 aromatic carbocycles. The molecule has 0 radical (unpaired) electrons. The summed E-state index contributed by atoms with van der Waals surface area (Å²) in [4.78, 5) is 15.4. The van der Waals surface area contributed by atoms with Crippen LogP contribution in [-0.4, -0.2) is 24.6 Å². The fourth-order valence-corrected chi connectivity index (χ4v) is 3.58. The molecule has 0 aliphatic carbocycles. The summed E-state index contributed by atoms with van der Waals surface area (Å²) in [7, 11) is 0. The summed E-state index contributed by atoms with van der Waals surface area (Å²) in [5.74, 6) is -2.80. The van der Waals surface area contributed by atoms with Gasteiger partial charge in [-0.3, -0.25) is 9.79 Å². The SMILES string of the molecule is NC(=O)C1N=CC(c2ccccc2F)(C(F)F)C(c2ccccc2F)=C1Cl. The Morgan fingerprint density at radius 2 is 1.67 bits per heavy atom. The van der Waals surface area contributed by atoms with Crippen molar-refractivity contribution in [2.24, 2.45) is 10.7 Å². The summed E-state index contributed by atoms with van der Waals surface area (Å²) in [6.45, 7) is 0. The molecule has 0 bridgehead atoms. The fraction of sp³-hybridized carbons (Fsp3) is 0.158. The second kappa shape index (κ2) is 7.15. The van der Waals surface area contributed by atoms with E-state index < -0.39 is 51.6 Å². The predicted molar refractivity (Wildman–Crippen MR) is 94.7 cm³/mol. The van der Waals surface area contributed by atoms with Crippen LogP contribution in [0.3, 0.4) is 0 Å². The van der Waals surface area contributed by atoms with Crippen LogP contribution in [0.2, 0.25) is 0 Å². The number of amides is 1. The van der Waals surface area contributed by atoms with Crippen LogP contribution >= 0.6 is 11.6 Å². The van der Waals surface area contributed by atoms with Crippen LogP contribution in [0.5, 0.6) is 0 Å². The first-order valence-electron chi connectivity index (χ1n) is 7.82. The van der Waals surface area contributed by atoms with E-state index in [1.165, 1.54) is 30.3 Å². The van der Waals surface area contributed by atoms with E-state index in [1.54, 1.807) is 0 Å². The third kappa shape index (κ3) is 3.02. The second-order valence-corrected chi connectivity index (χ2v) is 6.34. The topological polar surface area (TPSA) is 55.5 Å². The van der Waals surface area contributed by atoms with Crippen LogP contribution in [0.25, 0.3) is 5.57 Å². The zero-order valence-electron chi connectivity index (χ0n) is 13.7. The van der Waals surface area contributed by atoms with E-state index >= 15 is 0 Å².